The van der Waals surface area contributed by atoms with Crippen molar-refractivity contribution in [3.05, 3.63) is 29.8 Å². The molecule has 1 aliphatic heterocycles. The minimum Gasteiger partial charge on any atom is -0.547 e. The molecule has 1 fully saturated rings. The van der Waals surface area contributed by atoms with Crippen molar-refractivity contribution in [1.29, 1.82) is 0 Å². The van der Waals surface area contributed by atoms with Crippen LogP contribution in [0.15, 0.2) is 24.3 Å². The molecule has 0 spiro atoms. The number of likely N-dealkylation sites (tertiary alicyclic amines) is 1. The zero-order chi connectivity index (χ0) is 28.1. The summed E-state index contributed by atoms with van der Waals surface area (Å²) in [5.41, 5.74) is 1.28. The van der Waals surface area contributed by atoms with E-state index in [0.717, 1.165) is 18.7 Å². The van der Waals surface area contributed by atoms with Crippen molar-refractivity contribution >= 4 is 29.9 Å². The van der Waals surface area contributed by atoms with Gasteiger partial charge in [0.2, 0.25) is 11.9 Å². The number of aryl methyl sites for hydroxylation is 1. The van der Waals surface area contributed by atoms with Crippen LogP contribution in [-0.4, -0.2) is 86.4 Å². The zero-order valence-corrected chi connectivity index (χ0v) is 20.9. The van der Waals surface area contributed by atoms with Gasteiger partial charge in [0.05, 0.1) is 18.5 Å². The number of piperidine rings is 1. The van der Waals surface area contributed by atoms with E-state index in [1.165, 1.54) is 42.6 Å². The molecule has 2 aromatic rings. The highest BCUT2D eigenvalue weighted by molar-refractivity contribution is 5.81. The Kier molecular flexibility index (Phi) is 12.2. The van der Waals surface area contributed by atoms with E-state index in [2.05, 4.69) is 32.4 Å². The Hall–Kier alpha value is -3.95. The molecule has 1 amide bonds. The lowest BCUT2D eigenvalue weighted by Gasteiger charge is -2.26. The fourth-order valence-corrected chi connectivity index (χ4v) is 3.51. The van der Waals surface area contributed by atoms with Gasteiger partial charge < -0.3 is 55.3 Å². The van der Waals surface area contributed by atoms with E-state index in [-0.39, 0.29) is 5.95 Å². The number of anilines is 2. The number of nitrogens with one attached hydrogen (secondary N) is 2. The maximum Gasteiger partial charge on any atom is 0.249 e. The second kappa shape index (κ2) is 15.3. The number of carboxylic acid groups (broad SMARTS) is 3. The number of aromatic nitrogens is 3. The van der Waals surface area contributed by atoms with Gasteiger partial charge in [-0.2, -0.15) is 4.98 Å². The van der Waals surface area contributed by atoms with E-state index >= 15 is 0 Å². The summed E-state index contributed by atoms with van der Waals surface area (Å²) in [7, 11) is 1.68. The topological polar surface area (TPSA) is 228 Å². The van der Waals surface area contributed by atoms with Crippen molar-refractivity contribution in [2.75, 3.05) is 36.9 Å². The fraction of sp³-hybridized carbons (Fsp3) is 0.522. The Morgan fingerprint density at radius 1 is 1.08 bits per heavy atom. The number of carbonyl (C=O) groups excluding carboxylic acids is 3. The Morgan fingerprint density at radius 3 is 2.34 bits per heavy atom. The number of hydrogen-bond acceptors (Lipinski definition) is 13. The van der Waals surface area contributed by atoms with Gasteiger partial charge in [0.1, 0.15) is 24.1 Å². The Labute approximate surface area is 218 Å². The number of hydrogen-bond donors (Lipinski definition) is 4. The molecule has 3 rings (SSSR count). The van der Waals surface area contributed by atoms with Gasteiger partial charge in [-0.15, -0.1) is 5.10 Å². The van der Waals surface area contributed by atoms with Crippen LogP contribution in [0.3, 0.4) is 0 Å². The number of carboxylic acids is 2. The van der Waals surface area contributed by atoms with E-state index in [0.29, 0.717) is 19.1 Å². The van der Waals surface area contributed by atoms with Crippen LogP contribution in [0.4, 0.5) is 16.7 Å². The third kappa shape index (κ3) is 10.6. The predicted octanol–water partition coefficient (Wildman–Crippen LogP) is -3.35. The molecule has 1 aromatic carbocycles. The van der Waals surface area contributed by atoms with Gasteiger partial charge in [0.25, 0.3) is 0 Å². The van der Waals surface area contributed by atoms with Gasteiger partial charge in [-0.1, -0.05) is 18.6 Å². The van der Waals surface area contributed by atoms with Crippen molar-refractivity contribution < 1.29 is 44.7 Å². The monoisotopic (exact) mass is 535 g/mol. The lowest BCUT2D eigenvalue weighted by atomic mass is 10.1. The molecule has 0 saturated carbocycles. The van der Waals surface area contributed by atoms with Crippen molar-refractivity contribution in [2.24, 2.45) is 7.05 Å². The Morgan fingerprint density at radius 2 is 1.74 bits per heavy atom. The third-order valence-corrected chi connectivity index (χ3v) is 5.39. The van der Waals surface area contributed by atoms with E-state index in [4.69, 9.17) is 14.9 Å². The molecule has 210 valence electrons. The Bertz CT molecular complexity index is 1040. The molecule has 15 nitrogen and oxygen atoms in total. The largest absolute Gasteiger partial charge is 0.547 e. The average Bonchev–Trinajstić information content (AvgIpc) is 3.21. The third-order valence-electron chi connectivity index (χ3n) is 5.39. The lowest BCUT2D eigenvalue weighted by Crippen LogP contribution is -2.51. The highest BCUT2D eigenvalue weighted by Gasteiger charge is 2.17. The molecule has 2 heterocycles. The lowest BCUT2D eigenvalue weighted by molar-refractivity contribution is -0.333. The minimum atomic E-state index is -2.44. The van der Waals surface area contributed by atoms with Gasteiger partial charge in [-0.25, -0.2) is 4.68 Å². The summed E-state index contributed by atoms with van der Waals surface area (Å²) in [5.74, 6) is -2.76. The van der Waals surface area contributed by atoms with E-state index in [9.17, 15) is 29.7 Å². The van der Waals surface area contributed by atoms with Crippen LogP contribution < -0.4 is 30.7 Å². The molecule has 1 saturated heterocycles. The molecule has 2 unspecified atom stereocenters. The standard InChI is InChI=1S/C19H28N6O3.C4H6O6/c1-24-18(21-17(23-24)22-19(26)27)20-9-6-12-28-16-8-5-7-15(13-16)14-25-10-3-2-4-11-25;5-1(3(7)8)2(6)4(9)10/h5,7-8,13H,2-4,6,9-12,14H2,1H3,(H,26,27)(H2,20,21,22,23);1-2,5-6H,(H,7,8)(H,9,10)/p-3. The summed E-state index contributed by atoms with van der Waals surface area (Å²) < 4.78 is 7.33. The number of benzene rings is 1. The van der Waals surface area contributed by atoms with Gasteiger partial charge in [-0.05, 0) is 50.0 Å². The highest BCUT2D eigenvalue weighted by Crippen LogP contribution is 2.18. The first-order valence-corrected chi connectivity index (χ1v) is 11.9. The number of ether oxygens (including phenoxy) is 1. The summed E-state index contributed by atoms with van der Waals surface area (Å²) in [6, 6.07) is 8.28. The van der Waals surface area contributed by atoms with Crippen molar-refractivity contribution in [2.45, 2.75) is 44.4 Å². The summed E-state index contributed by atoms with van der Waals surface area (Å²) in [6.07, 6.45) is -1.62. The minimum absolute atomic E-state index is 0.00762. The first-order valence-electron chi connectivity index (χ1n) is 11.9. The molecular weight excluding hydrogens is 504 g/mol. The number of aliphatic hydroxyl groups excluding tert-OH is 2. The van der Waals surface area contributed by atoms with Crippen LogP contribution in [-0.2, 0) is 23.2 Å². The molecule has 0 radical (unpaired) electrons. The smallest absolute Gasteiger partial charge is 0.249 e. The van der Waals surface area contributed by atoms with E-state index in [1.807, 2.05) is 17.4 Å². The number of rotatable bonds is 12. The van der Waals surface area contributed by atoms with Crippen LogP contribution in [0.2, 0.25) is 0 Å². The number of amides is 1. The molecule has 0 aliphatic carbocycles. The first-order chi connectivity index (χ1) is 18.1. The van der Waals surface area contributed by atoms with Gasteiger partial charge in [-0.3, -0.25) is 4.90 Å². The number of aliphatic hydroxyl groups is 2. The normalized spacial score (nSPS) is 14.9. The average molecular weight is 536 g/mol. The molecule has 38 heavy (non-hydrogen) atoms. The van der Waals surface area contributed by atoms with Crippen LogP contribution >= 0.6 is 0 Å². The number of aliphatic carboxylic acids is 2. The highest BCUT2D eigenvalue weighted by atomic mass is 16.5. The van der Waals surface area contributed by atoms with Gasteiger partial charge >= 0.3 is 0 Å². The molecule has 0 bridgehead atoms. The van der Waals surface area contributed by atoms with Crippen molar-refractivity contribution in [1.82, 2.24) is 19.7 Å². The Balaban J connectivity index is 0.000000432. The van der Waals surface area contributed by atoms with Crippen LogP contribution in [0.25, 0.3) is 0 Å². The van der Waals surface area contributed by atoms with Crippen molar-refractivity contribution in [3.8, 4) is 5.75 Å². The summed E-state index contributed by atoms with van der Waals surface area (Å²) >= 11 is 0. The molecule has 1 aromatic heterocycles. The first kappa shape index (κ1) is 30.3. The number of nitrogens with zero attached hydrogens (tertiary/aromatic N) is 4. The molecule has 15 heteroatoms. The number of carbonyl (C=O) groups is 3. The van der Waals surface area contributed by atoms with Crippen LogP contribution in [0.1, 0.15) is 31.2 Å². The van der Waals surface area contributed by atoms with Crippen LogP contribution in [0.5, 0.6) is 5.75 Å². The second-order valence-corrected chi connectivity index (χ2v) is 8.44. The summed E-state index contributed by atoms with van der Waals surface area (Å²) in [4.78, 5) is 36.3. The molecule has 4 N–H and O–H groups in total. The van der Waals surface area contributed by atoms with E-state index in [1.54, 1.807) is 7.05 Å². The SMILES string of the molecule is Cn1nc(NC(=O)[O-])nc1NCCCOc1cccc(CN2CCCCC2)c1.O=C([O-])C(O)C(O)C(=O)[O-]. The predicted molar refractivity (Wildman–Crippen MR) is 126 cm³/mol. The van der Waals surface area contributed by atoms with Crippen molar-refractivity contribution in [3.63, 3.8) is 0 Å². The maximum absolute atomic E-state index is 10.5. The second-order valence-electron chi connectivity index (χ2n) is 8.44. The summed E-state index contributed by atoms with van der Waals surface area (Å²) in [6.45, 7) is 4.54. The zero-order valence-electron chi connectivity index (χ0n) is 20.9. The fourth-order valence-electron chi connectivity index (χ4n) is 3.51. The quantitative estimate of drug-likeness (QED) is 0.195. The van der Waals surface area contributed by atoms with Gasteiger partial charge in [0.15, 0.2) is 0 Å². The van der Waals surface area contributed by atoms with E-state index < -0.39 is 30.2 Å². The molecular formula is C23H31N6O9-3. The molecule has 1 aliphatic rings. The summed E-state index contributed by atoms with van der Waals surface area (Å²) in [5, 5.41) is 55.3. The van der Waals surface area contributed by atoms with Gasteiger partial charge in [0, 0.05) is 20.1 Å². The van der Waals surface area contributed by atoms with Crippen LogP contribution in [0, 0.1) is 0 Å². The molecule has 2 atom stereocenters. The maximum atomic E-state index is 10.5.